The van der Waals surface area contributed by atoms with Crippen molar-refractivity contribution in [2.24, 2.45) is 0 Å². The van der Waals surface area contributed by atoms with Crippen molar-refractivity contribution in [3.05, 3.63) is 52.0 Å². The number of sulfonamides is 1. The summed E-state index contributed by atoms with van der Waals surface area (Å²) in [7, 11) is -3.73. The first-order valence-corrected chi connectivity index (χ1v) is 13.0. The van der Waals surface area contributed by atoms with Gasteiger partial charge in [-0.05, 0) is 43.7 Å². The normalized spacial score (nSPS) is 15.9. The number of hydrogen-bond acceptors (Lipinski definition) is 6. The number of piperazine rings is 1. The van der Waals surface area contributed by atoms with E-state index in [2.05, 4.69) is 25.8 Å². The number of nitrogens with zero attached hydrogens (tertiary/aromatic N) is 4. The summed E-state index contributed by atoms with van der Waals surface area (Å²) in [6.45, 7) is 10.9. The zero-order valence-electron chi connectivity index (χ0n) is 19.3. The van der Waals surface area contributed by atoms with E-state index in [9.17, 15) is 17.6 Å². The smallest absolute Gasteiger partial charge is 0.264 e. The summed E-state index contributed by atoms with van der Waals surface area (Å²) in [6, 6.07) is 4.79. The van der Waals surface area contributed by atoms with Gasteiger partial charge in [-0.15, -0.1) is 11.3 Å². The van der Waals surface area contributed by atoms with Gasteiger partial charge in [0, 0.05) is 37.0 Å². The standard InChI is InChI=1S/C23H27FN4O3S2/c1-14-18-15(2)25-22(23(3,4)5)26-20(18)32-19(14)21(29)27-10-12-28(13-11-27)33(30,31)17-8-6-16(24)7-9-17/h6-9H,10-13H2,1-5H3. The summed E-state index contributed by atoms with van der Waals surface area (Å²) in [5.41, 5.74) is 1.51. The maximum absolute atomic E-state index is 13.3. The minimum absolute atomic E-state index is 0.0488. The van der Waals surface area contributed by atoms with Crippen LogP contribution in [0.2, 0.25) is 0 Å². The minimum Gasteiger partial charge on any atom is -0.335 e. The Kier molecular flexibility index (Phi) is 6.05. The van der Waals surface area contributed by atoms with Crippen molar-refractivity contribution >= 4 is 37.5 Å². The van der Waals surface area contributed by atoms with Crippen molar-refractivity contribution in [1.29, 1.82) is 0 Å². The van der Waals surface area contributed by atoms with Crippen molar-refractivity contribution in [2.45, 2.75) is 44.9 Å². The van der Waals surface area contributed by atoms with Crippen LogP contribution in [0.5, 0.6) is 0 Å². The number of amides is 1. The number of carbonyl (C=O) groups is 1. The fraction of sp³-hybridized carbons (Fsp3) is 0.435. The van der Waals surface area contributed by atoms with Gasteiger partial charge in [0.1, 0.15) is 16.5 Å². The molecule has 0 bridgehead atoms. The van der Waals surface area contributed by atoms with E-state index in [4.69, 9.17) is 4.98 Å². The van der Waals surface area contributed by atoms with Crippen LogP contribution in [0.1, 0.15) is 47.5 Å². The molecule has 2 aromatic heterocycles. The predicted octanol–water partition coefficient (Wildman–Crippen LogP) is 3.89. The lowest BCUT2D eigenvalue weighted by Gasteiger charge is -2.33. The summed E-state index contributed by atoms with van der Waals surface area (Å²) in [5.74, 6) is 0.135. The van der Waals surface area contributed by atoms with Crippen LogP contribution in [0, 0.1) is 19.7 Å². The van der Waals surface area contributed by atoms with Gasteiger partial charge in [0.15, 0.2) is 0 Å². The first-order chi connectivity index (χ1) is 15.4. The third-order valence-electron chi connectivity index (χ3n) is 5.81. The first kappa shape index (κ1) is 23.7. The number of aryl methyl sites for hydroxylation is 2. The Hall–Kier alpha value is -2.43. The molecule has 176 valence electrons. The molecule has 10 heteroatoms. The van der Waals surface area contributed by atoms with E-state index in [-0.39, 0.29) is 42.4 Å². The third kappa shape index (κ3) is 4.39. The molecule has 0 N–H and O–H groups in total. The van der Waals surface area contributed by atoms with Crippen molar-refractivity contribution in [3.8, 4) is 0 Å². The van der Waals surface area contributed by atoms with Gasteiger partial charge in [0.2, 0.25) is 10.0 Å². The average Bonchev–Trinajstić information content (AvgIpc) is 3.10. The highest BCUT2D eigenvalue weighted by Crippen LogP contribution is 2.34. The number of rotatable bonds is 3. The molecular formula is C23H27FN4O3S2. The molecular weight excluding hydrogens is 463 g/mol. The van der Waals surface area contributed by atoms with Gasteiger partial charge in [0.25, 0.3) is 5.91 Å². The summed E-state index contributed by atoms with van der Waals surface area (Å²) < 4.78 is 40.2. The largest absolute Gasteiger partial charge is 0.335 e. The lowest BCUT2D eigenvalue weighted by molar-refractivity contribution is 0.0702. The molecule has 1 amide bonds. The molecule has 33 heavy (non-hydrogen) atoms. The molecule has 1 fully saturated rings. The Bertz CT molecular complexity index is 1320. The van der Waals surface area contributed by atoms with Gasteiger partial charge in [-0.2, -0.15) is 4.31 Å². The average molecular weight is 491 g/mol. The molecule has 1 aromatic carbocycles. The fourth-order valence-corrected chi connectivity index (χ4v) is 6.53. The topological polar surface area (TPSA) is 83.5 Å². The number of hydrogen-bond donors (Lipinski definition) is 0. The van der Waals surface area contributed by atoms with Gasteiger partial charge in [0.05, 0.1) is 15.5 Å². The van der Waals surface area contributed by atoms with Crippen molar-refractivity contribution in [3.63, 3.8) is 0 Å². The summed E-state index contributed by atoms with van der Waals surface area (Å²) in [6.07, 6.45) is 0. The Labute approximate surface area is 197 Å². The summed E-state index contributed by atoms with van der Waals surface area (Å²) in [5, 5.41) is 0.911. The highest BCUT2D eigenvalue weighted by molar-refractivity contribution is 7.89. The van der Waals surface area contributed by atoms with Crippen LogP contribution >= 0.6 is 11.3 Å². The zero-order chi connectivity index (χ0) is 24.1. The maximum atomic E-state index is 13.3. The van der Waals surface area contributed by atoms with E-state index in [1.807, 2.05) is 13.8 Å². The van der Waals surface area contributed by atoms with Crippen LogP contribution < -0.4 is 0 Å². The van der Waals surface area contributed by atoms with E-state index < -0.39 is 15.8 Å². The molecule has 0 radical (unpaired) electrons. The second-order valence-corrected chi connectivity index (χ2v) is 12.2. The highest BCUT2D eigenvalue weighted by Gasteiger charge is 2.32. The molecule has 0 spiro atoms. The van der Waals surface area contributed by atoms with Crippen molar-refractivity contribution in [1.82, 2.24) is 19.2 Å². The fourth-order valence-electron chi connectivity index (χ4n) is 3.91. The van der Waals surface area contributed by atoms with Gasteiger partial charge in [-0.3, -0.25) is 4.79 Å². The molecule has 0 saturated carbocycles. The Balaban J connectivity index is 1.55. The van der Waals surface area contributed by atoms with Crippen LogP contribution in [0.25, 0.3) is 10.2 Å². The van der Waals surface area contributed by atoms with Crippen molar-refractivity contribution < 1.29 is 17.6 Å². The van der Waals surface area contributed by atoms with Crippen LogP contribution in [-0.2, 0) is 15.4 Å². The molecule has 3 heterocycles. The number of aromatic nitrogens is 2. The Morgan fingerprint density at radius 2 is 1.64 bits per heavy atom. The van der Waals surface area contributed by atoms with Crippen LogP contribution in [0.15, 0.2) is 29.2 Å². The molecule has 0 atom stereocenters. The van der Waals surface area contributed by atoms with Gasteiger partial charge in [-0.25, -0.2) is 22.8 Å². The Morgan fingerprint density at radius 1 is 1.03 bits per heavy atom. The summed E-state index contributed by atoms with van der Waals surface area (Å²) in [4.78, 5) is 25.9. The highest BCUT2D eigenvalue weighted by atomic mass is 32.2. The second-order valence-electron chi connectivity index (χ2n) is 9.27. The number of benzene rings is 1. The SMILES string of the molecule is Cc1nc(C(C)(C)C)nc2sc(C(=O)N3CCN(S(=O)(=O)c4ccc(F)cc4)CC3)c(C)c12. The molecule has 0 aliphatic carbocycles. The van der Waals surface area contributed by atoms with E-state index in [1.165, 1.54) is 27.8 Å². The number of thiophene rings is 1. The van der Waals surface area contributed by atoms with Gasteiger partial charge >= 0.3 is 0 Å². The van der Waals surface area contributed by atoms with E-state index in [0.717, 1.165) is 39.4 Å². The second kappa shape index (κ2) is 8.41. The van der Waals surface area contributed by atoms with Crippen LogP contribution in [0.3, 0.4) is 0 Å². The van der Waals surface area contributed by atoms with E-state index in [1.54, 1.807) is 4.90 Å². The third-order valence-corrected chi connectivity index (χ3v) is 8.90. The minimum atomic E-state index is -3.73. The molecule has 0 unspecified atom stereocenters. The van der Waals surface area contributed by atoms with E-state index >= 15 is 0 Å². The molecule has 4 rings (SSSR count). The number of carbonyl (C=O) groups excluding carboxylic acids is 1. The molecule has 3 aromatic rings. The predicted molar refractivity (Wildman–Crippen MR) is 127 cm³/mol. The van der Waals surface area contributed by atoms with Gasteiger partial charge < -0.3 is 4.90 Å². The van der Waals surface area contributed by atoms with Crippen molar-refractivity contribution in [2.75, 3.05) is 26.2 Å². The van der Waals surface area contributed by atoms with Crippen LogP contribution in [0.4, 0.5) is 4.39 Å². The Morgan fingerprint density at radius 3 is 2.21 bits per heavy atom. The summed E-state index contributed by atoms with van der Waals surface area (Å²) >= 11 is 1.36. The van der Waals surface area contributed by atoms with Crippen LogP contribution in [-0.4, -0.2) is 59.7 Å². The van der Waals surface area contributed by atoms with Gasteiger partial charge in [-0.1, -0.05) is 20.8 Å². The molecule has 1 saturated heterocycles. The molecule has 1 aliphatic heterocycles. The molecule has 1 aliphatic rings. The molecule has 7 nitrogen and oxygen atoms in total. The zero-order valence-corrected chi connectivity index (χ0v) is 21.0. The monoisotopic (exact) mass is 490 g/mol. The lowest BCUT2D eigenvalue weighted by Crippen LogP contribution is -2.50. The first-order valence-electron chi connectivity index (χ1n) is 10.7. The quantitative estimate of drug-likeness (QED) is 0.556. The lowest BCUT2D eigenvalue weighted by atomic mass is 9.95. The number of halogens is 1. The number of fused-ring (bicyclic) bond motifs is 1. The van der Waals surface area contributed by atoms with E-state index in [0.29, 0.717) is 4.88 Å². The maximum Gasteiger partial charge on any atom is 0.264 e.